The van der Waals surface area contributed by atoms with Crippen LogP contribution in [-0.4, -0.2) is 21.8 Å². The fraction of sp³-hybridized carbons (Fsp3) is 0.857. The van der Waals surface area contributed by atoms with Crippen molar-refractivity contribution in [1.82, 2.24) is 0 Å². The van der Waals surface area contributed by atoms with Crippen LogP contribution in [0.5, 0.6) is 0 Å². The number of hydrogen-bond donors (Lipinski definition) is 0. The summed E-state index contributed by atoms with van der Waals surface area (Å²) in [7, 11) is -2.26. The zero-order chi connectivity index (χ0) is 8.54. The molecule has 1 rings (SSSR count). The molecule has 0 amide bonds. The maximum absolute atomic E-state index is 11.7. The molecule has 0 aromatic carbocycles. The zero-order valence-electron chi connectivity index (χ0n) is 6.83. The van der Waals surface area contributed by atoms with Crippen molar-refractivity contribution >= 4 is 9.73 Å². The fourth-order valence-electron chi connectivity index (χ4n) is 1.13. The van der Waals surface area contributed by atoms with Gasteiger partial charge in [-0.3, -0.25) is 0 Å². The molecular formula is C7H12N2OS. The minimum atomic E-state index is -2.26. The summed E-state index contributed by atoms with van der Waals surface area (Å²) in [5, 5.41) is 8.80. The van der Waals surface area contributed by atoms with Crippen molar-refractivity contribution in [3.05, 3.63) is 0 Å². The van der Waals surface area contributed by atoms with E-state index in [1.807, 2.05) is 0 Å². The average molecular weight is 172 g/mol. The third-order valence-electron chi connectivity index (χ3n) is 2.22. The van der Waals surface area contributed by atoms with Crippen LogP contribution in [0, 0.1) is 11.3 Å². The third-order valence-corrected chi connectivity index (χ3v) is 4.86. The van der Waals surface area contributed by atoms with Crippen molar-refractivity contribution < 1.29 is 4.21 Å². The second kappa shape index (κ2) is 2.49. The van der Waals surface area contributed by atoms with Crippen LogP contribution in [0.25, 0.3) is 0 Å². The Hall–Kier alpha value is -0.560. The summed E-state index contributed by atoms with van der Waals surface area (Å²) >= 11 is 0. The van der Waals surface area contributed by atoms with E-state index in [0.29, 0.717) is 13.0 Å². The second-order valence-corrected chi connectivity index (χ2v) is 5.87. The molecule has 0 N–H and O–H groups in total. The van der Waals surface area contributed by atoms with Crippen LogP contribution in [0.15, 0.2) is 4.36 Å². The average Bonchev–Trinajstić information content (AvgIpc) is 1.95. The molecule has 0 aromatic rings. The third kappa shape index (κ3) is 1.25. The maximum Gasteiger partial charge on any atom is 0.137 e. The van der Waals surface area contributed by atoms with Crippen molar-refractivity contribution in [3.8, 4) is 6.07 Å². The summed E-state index contributed by atoms with van der Waals surface area (Å²) in [6.45, 7) is 2.38. The van der Waals surface area contributed by atoms with Crippen molar-refractivity contribution in [1.29, 1.82) is 5.26 Å². The topological polar surface area (TPSA) is 53.2 Å². The van der Waals surface area contributed by atoms with Crippen molar-refractivity contribution in [2.45, 2.75) is 24.5 Å². The normalized spacial score (nSPS) is 44.1. The Morgan fingerprint density at radius 1 is 1.73 bits per heavy atom. The Morgan fingerprint density at radius 3 is 2.73 bits per heavy atom. The van der Waals surface area contributed by atoms with E-state index < -0.39 is 14.5 Å². The van der Waals surface area contributed by atoms with Crippen LogP contribution in [0.1, 0.15) is 19.8 Å². The van der Waals surface area contributed by atoms with Gasteiger partial charge in [-0.2, -0.15) is 5.26 Å². The van der Waals surface area contributed by atoms with E-state index in [-0.39, 0.29) is 0 Å². The van der Waals surface area contributed by atoms with Gasteiger partial charge in [0.15, 0.2) is 0 Å². The van der Waals surface area contributed by atoms with Gasteiger partial charge in [-0.1, -0.05) is 0 Å². The molecule has 0 saturated heterocycles. The highest BCUT2D eigenvalue weighted by molar-refractivity contribution is 7.94. The van der Waals surface area contributed by atoms with Gasteiger partial charge in [-0.25, -0.2) is 8.57 Å². The van der Waals surface area contributed by atoms with Gasteiger partial charge in [0.1, 0.15) is 4.75 Å². The first-order chi connectivity index (χ1) is 5.02. The van der Waals surface area contributed by atoms with E-state index >= 15 is 0 Å². The van der Waals surface area contributed by atoms with Gasteiger partial charge >= 0.3 is 0 Å². The van der Waals surface area contributed by atoms with Gasteiger partial charge in [0.05, 0.1) is 15.8 Å². The highest BCUT2D eigenvalue weighted by Crippen LogP contribution is 2.27. The minimum Gasteiger partial charge on any atom is -0.248 e. The van der Waals surface area contributed by atoms with Gasteiger partial charge in [0.25, 0.3) is 0 Å². The van der Waals surface area contributed by atoms with E-state index in [4.69, 9.17) is 5.26 Å². The quantitative estimate of drug-likeness (QED) is 0.550. The van der Waals surface area contributed by atoms with Crippen LogP contribution in [0.4, 0.5) is 0 Å². The van der Waals surface area contributed by atoms with E-state index in [1.165, 1.54) is 0 Å². The number of nitrogens with zero attached hydrogens (tertiary/aromatic N) is 2. The first-order valence-electron chi connectivity index (χ1n) is 3.61. The lowest BCUT2D eigenvalue weighted by Gasteiger charge is -2.26. The Labute approximate surface area is 67.6 Å². The highest BCUT2D eigenvalue weighted by Gasteiger charge is 2.35. The Morgan fingerprint density at radius 2 is 2.36 bits per heavy atom. The lowest BCUT2D eigenvalue weighted by atomic mass is 10.1. The monoisotopic (exact) mass is 172 g/mol. The molecule has 0 radical (unpaired) electrons. The molecule has 62 valence electrons. The molecule has 1 aliphatic heterocycles. The fourth-order valence-corrected chi connectivity index (χ4v) is 2.58. The standard InChI is InChI=1S/C7H12N2OS/c1-7(6-8)4-3-5-9-11(7,2)10/h3-5H2,1-2H3/t7-,11?/m0/s1. The predicted molar refractivity (Wildman–Crippen MR) is 44.6 cm³/mol. The summed E-state index contributed by atoms with van der Waals surface area (Å²) in [4.78, 5) is 0. The molecule has 0 aliphatic carbocycles. The molecule has 0 spiro atoms. The first kappa shape index (κ1) is 8.54. The van der Waals surface area contributed by atoms with Crippen molar-refractivity contribution in [2.24, 2.45) is 4.36 Å². The van der Waals surface area contributed by atoms with Gasteiger partial charge in [-0.05, 0) is 19.8 Å². The van der Waals surface area contributed by atoms with Crippen LogP contribution in [0.2, 0.25) is 0 Å². The van der Waals surface area contributed by atoms with Crippen LogP contribution >= 0.6 is 0 Å². The Kier molecular flexibility index (Phi) is 1.93. The molecule has 0 saturated carbocycles. The molecule has 3 nitrogen and oxygen atoms in total. The van der Waals surface area contributed by atoms with Crippen LogP contribution in [0.3, 0.4) is 0 Å². The molecule has 1 unspecified atom stereocenters. The van der Waals surface area contributed by atoms with E-state index in [9.17, 15) is 4.21 Å². The molecule has 4 heteroatoms. The Balaban J connectivity index is 3.20. The van der Waals surface area contributed by atoms with Crippen LogP contribution < -0.4 is 0 Å². The summed E-state index contributed by atoms with van der Waals surface area (Å²) in [5.74, 6) is 0. The molecule has 0 fully saturated rings. The minimum absolute atomic E-state index is 0.645. The molecular weight excluding hydrogens is 160 g/mol. The Bertz CT molecular complexity index is 309. The second-order valence-electron chi connectivity index (χ2n) is 3.10. The van der Waals surface area contributed by atoms with Gasteiger partial charge in [0, 0.05) is 12.8 Å². The summed E-state index contributed by atoms with van der Waals surface area (Å²) in [6.07, 6.45) is 3.17. The summed E-state index contributed by atoms with van der Waals surface area (Å²) in [6, 6.07) is 2.10. The van der Waals surface area contributed by atoms with E-state index in [2.05, 4.69) is 10.4 Å². The van der Waals surface area contributed by atoms with E-state index in [0.717, 1.165) is 6.42 Å². The number of nitriles is 1. The largest absolute Gasteiger partial charge is 0.248 e. The maximum atomic E-state index is 11.7. The van der Waals surface area contributed by atoms with Gasteiger partial charge in [0.2, 0.25) is 0 Å². The number of hydrogen-bond acceptors (Lipinski definition) is 3. The molecule has 2 atom stereocenters. The molecule has 1 aliphatic rings. The molecule has 0 aromatic heterocycles. The first-order valence-corrected chi connectivity index (χ1v) is 5.53. The van der Waals surface area contributed by atoms with E-state index in [1.54, 1.807) is 13.2 Å². The number of rotatable bonds is 0. The van der Waals surface area contributed by atoms with Gasteiger partial charge < -0.3 is 0 Å². The summed E-state index contributed by atoms with van der Waals surface area (Å²) < 4.78 is 15.0. The van der Waals surface area contributed by atoms with Crippen LogP contribution in [-0.2, 0) is 9.73 Å². The summed E-state index contributed by atoms with van der Waals surface area (Å²) in [5.41, 5.74) is 0. The zero-order valence-corrected chi connectivity index (χ0v) is 7.65. The lowest BCUT2D eigenvalue weighted by Crippen LogP contribution is -2.35. The van der Waals surface area contributed by atoms with Crippen molar-refractivity contribution in [3.63, 3.8) is 0 Å². The molecule has 0 bridgehead atoms. The predicted octanol–water partition coefficient (Wildman–Crippen LogP) is 1.16. The SMILES string of the molecule is C[C@@]1(C#N)CCCN=S1(C)=O. The molecule has 11 heavy (non-hydrogen) atoms. The van der Waals surface area contributed by atoms with Gasteiger partial charge in [-0.15, -0.1) is 0 Å². The lowest BCUT2D eigenvalue weighted by molar-refractivity contribution is 0.589. The molecule has 1 heterocycles. The van der Waals surface area contributed by atoms with Crippen molar-refractivity contribution in [2.75, 3.05) is 12.8 Å². The highest BCUT2D eigenvalue weighted by atomic mass is 32.2. The smallest absolute Gasteiger partial charge is 0.137 e.